The summed E-state index contributed by atoms with van der Waals surface area (Å²) < 4.78 is 23.2. The highest BCUT2D eigenvalue weighted by molar-refractivity contribution is 5.93. The van der Waals surface area contributed by atoms with Crippen molar-refractivity contribution in [2.45, 2.75) is 95.8 Å². The topological polar surface area (TPSA) is 201 Å². The molecule has 1 aromatic carbocycles. The zero-order valence-corrected chi connectivity index (χ0v) is 23.1. The van der Waals surface area contributed by atoms with Crippen LogP contribution in [0.25, 0.3) is 0 Å². The van der Waals surface area contributed by atoms with Crippen molar-refractivity contribution in [2.24, 2.45) is 5.73 Å². The van der Waals surface area contributed by atoms with Gasteiger partial charge < -0.3 is 55.3 Å². The lowest BCUT2D eigenvalue weighted by Crippen LogP contribution is -2.63. The number of aliphatic hydroxyl groups excluding tert-OH is 6. The third kappa shape index (κ3) is 7.66. The third-order valence-corrected chi connectivity index (χ3v) is 6.79. The third-order valence-electron chi connectivity index (χ3n) is 6.79. The molecule has 0 aliphatic carbocycles. The molecule has 2 aliphatic rings. The molecule has 0 saturated carbocycles. The van der Waals surface area contributed by atoms with Crippen LogP contribution in [-0.2, 0) is 27.1 Å². The molecule has 0 aromatic heterocycles. The number of allylic oxidation sites excluding steroid dienone is 4. The van der Waals surface area contributed by atoms with Gasteiger partial charge in [-0.2, -0.15) is 0 Å². The van der Waals surface area contributed by atoms with Gasteiger partial charge in [-0.05, 0) is 63.8 Å². The monoisotopic (exact) mass is 567 g/mol. The lowest BCUT2D eigenvalue weighted by Gasteiger charge is -2.44. The number of amides is 1. The molecule has 40 heavy (non-hydrogen) atoms. The minimum atomic E-state index is -1.68. The molecular weight excluding hydrogens is 526 g/mol. The number of rotatable bonds is 10. The average Bonchev–Trinajstić information content (AvgIpc) is 2.90. The number of hydrogen-bond acceptors (Lipinski definition) is 11. The first-order chi connectivity index (χ1) is 18.8. The minimum absolute atomic E-state index is 0.272. The van der Waals surface area contributed by atoms with E-state index in [2.05, 4.69) is 0 Å². The molecule has 2 heterocycles. The second-order valence-electron chi connectivity index (χ2n) is 10.6. The van der Waals surface area contributed by atoms with Crippen molar-refractivity contribution >= 4 is 5.91 Å². The Kier molecular flexibility index (Phi) is 11.2. The summed E-state index contributed by atoms with van der Waals surface area (Å²) in [5.74, 6) is -0.305. The molecule has 9 unspecified atom stereocenters. The first kappa shape index (κ1) is 32.1. The summed E-state index contributed by atoms with van der Waals surface area (Å²) in [4.78, 5) is 12.1. The van der Waals surface area contributed by atoms with Crippen LogP contribution in [0.1, 0.15) is 49.2 Å². The van der Waals surface area contributed by atoms with Crippen molar-refractivity contribution in [1.29, 1.82) is 0 Å². The highest BCUT2D eigenvalue weighted by Crippen LogP contribution is 2.34. The van der Waals surface area contributed by atoms with E-state index in [-0.39, 0.29) is 12.2 Å². The number of carbonyl (C=O) groups is 1. The van der Waals surface area contributed by atoms with Crippen LogP contribution in [0.5, 0.6) is 5.75 Å². The van der Waals surface area contributed by atoms with Gasteiger partial charge in [0.1, 0.15) is 42.4 Å². The lowest BCUT2D eigenvalue weighted by atomic mass is 9.96. The second-order valence-corrected chi connectivity index (χ2v) is 10.6. The smallest absolute Gasteiger partial charge is 0.248 e. The molecule has 1 aromatic rings. The summed E-state index contributed by atoms with van der Waals surface area (Å²) in [5, 5.41) is 61.6. The van der Waals surface area contributed by atoms with Gasteiger partial charge in [0.05, 0.1) is 13.2 Å². The normalized spacial score (nSPS) is 32.3. The maximum atomic E-state index is 12.1. The molecule has 8 N–H and O–H groups in total. The van der Waals surface area contributed by atoms with E-state index in [9.17, 15) is 35.4 Å². The summed E-state index contributed by atoms with van der Waals surface area (Å²) >= 11 is 0. The number of hydrogen-bond donors (Lipinski definition) is 7. The van der Waals surface area contributed by atoms with Crippen molar-refractivity contribution in [2.75, 3.05) is 13.2 Å². The molecule has 9 atom stereocenters. The molecule has 2 aliphatic heterocycles. The summed E-state index contributed by atoms with van der Waals surface area (Å²) in [7, 11) is 0. The molecule has 12 nitrogen and oxygen atoms in total. The van der Waals surface area contributed by atoms with Gasteiger partial charge in [0.25, 0.3) is 0 Å². The fourth-order valence-corrected chi connectivity index (χ4v) is 4.45. The SMILES string of the molecule is CC(C)=CCc1cc(C(N)=O)cc(CC=C(C)C)c1OC1OC(CO)C(O)C(O)C1OC1OCC(O)C(O)C1O. The maximum Gasteiger partial charge on any atom is 0.248 e. The van der Waals surface area contributed by atoms with Gasteiger partial charge in [-0.25, -0.2) is 0 Å². The summed E-state index contributed by atoms with van der Waals surface area (Å²) in [5.41, 5.74) is 9.08. The van der Waals surface area contributed by atoms with E-state index in [0.29, 0.717) is 29.7 Å². The summed E-state index contributed by atoms with van der Waals surface area (Å²) in [6.07, 6.45) is -8.92. The van der Waals surface area contributed by atoms with Crippen LogP contribution in [0.3, 0.4) is 0 Å². The standard InChI is InChI=1S/C28H41NO11/c1-13(2)5-7-15-9-17(26(29)36)10-16(8-6-14(3)4)24(15)39-28-25(22(34)21(33)19(11-30)38-28)40-27-23(35)20(32)18(31)12-37-27/h5-6,9-10,18-23,25,27-28,30-35H,7-8,11-12H2,1-4H3,(H2,29,36). The van der Waals surface area contributed by atoms with Crippen molar-refractivity contribution in [3.05, 3.63) is 52.1 Å². The highest BCUT2D eigenvalue weighted by Gasteiger charge is 2.50. The van der Waals surface area contributed by atoms with E-state index in [1.165, 1.54) is 0 Å². The van der Waals surface area contributed by atoms with Crippen LogP contribution < -0.4 is 10.5 Å². The lowest BCUT2D eigenvalue weighted by molar-refractivity contribution is -0.345. The van der Waals surface area contributed by atoms with Gasteiger partial charge in [-0.1, -0.05) is 23.3 Å². The zero-order valence-electron chi connectivity index (χ0n) is 23.1. The number of nitrogens with two attached hydrogens (primary N) is 1. The Morgan fingerprint density at radius 1 is 0.925 bits per heavy atom. The van der Waals surface area contributed by atoms with Gasteiger partial charge in [0.15, 0.2) is 12.4 Å². The van der Waals surface area contributed by atoms with Gasteiger partial charge in [0, 0.05) is 5.56 Å². The van der Waals surface area contributed by atoms with E-state index in [1.54, 1.807) is 12.1 Å². The van der Waals surface area contributed by atoms with Gasteiger partial charge in [-0.3, -0.25) is 4.79 Å². The molecule has 0 bridgehead atoms. The Morgan fingerprint density at radius 3 is 2.00 bits per heavy atom. The number of carbonyl (C=O) groups excluding carboxylic acids is 1. The van der Waals surface area contributed by atoms with Crippen molar-refractivity contribution < 1.29 is 54.4 Å². The molecular formula is C28H41NO11. The van der Waals surface area contributed by atoms with Crippen LogP contribution in [0, 0.1) is 0 Å². The van der Waals surface area contributed by atoms with E-state index in [0.717, 1.165) is 11.1 Å². The first-order valence-electron chi connectivity index (χ1n) is 13.2. The molecule has 224 valence electrons. The molecule has 0 spiro atoms. The van der Waals surface area contributed by atoms with E-state index in [4.69, 9.17) is 24.7 Å². The van der Waals surface area contributed by atoms with E-state index >= 15 is 0 Å². The predicted octanol–water partition coefficient (Wildman–Crippen LogP) is -0.555. The van der Waals surface area contributed by atoms with Gasteiger partial charge in [0.2, 0.25) is 12.2 Å². The van der Waals surface area contributed by atoms with Crippen LogP contribution in [0.4, 0.5) is 0 Å². The van der Waals surface area contributed by atoms with E-state index in [1.807, 2.05) is 39.8 Å². The number of ether oxygens (including phenoxy) is 4. The second kappa shape index (κ2) is 14.0. The van der Waals surface area contributed by atoms with Crippen LogP contribution in [0.2, 0.25) is 0 Å². The Labute approximate surface area is 233 Å². The highest BCUT2D eigenvalue weighted by atomic mass is 16.8. The largest absolute Gasteiger partial charge is 0.461 e. The number of benzene rings is 1. The molecule has 12 heteroatoms. The first-order valence-corrected chi connectivity index (χ1v) is 13.2. The number of primary amides is 1. The Morgan fingerprint density at radius 2 is 1.50 bits per heavy atom. The fourth-order valence-electron chi connectivity index (χ4n) is 4.45. The van der Waals surface area contributed by atoms with Gasteiger partial charge >= 0.3 is 0 Å². The molecule has 2 fully saturated rings. The van der Waals surface area contributed by atoms with Crippen molar-refractivity contribution in [3.63, 3.8) is 0 Å². The van der Waals surface area contributed by atoms with E-state index < -0.39 is 67.8 Å². The average molecular weight is 568 g/mol. The van der Waals surface area contributed by atoms with Crippen LogP contribution in [0.15, 0.2) is 35.4 Å². The summed E-state index contributed by atoms with van der Waals surface area (Å²) in [6.45, 7) is 6.67. The predicted molar refractivity (Wildman–Crippen MR) is 142 cm³/mol. The Balaban J connectivity index is 2.06. The number of aliphatic hydroxyl groups is 6. The molecule has 3 rings (SSSR count). The van der Waals surface area contributed by atoms with Crippen LogP contribution >= 0.6 is 0 Å². The summed E-state index contributed by atoms with van der Waals surface area (Å²) in [6, 6.07) is 3.20. The van der Waals surface area contributed by atoms with Gasteiger partial charge in [-0.15, -0.1) is 0 Å². The van der Waals surface area contributed by atoms with Crippen molar-refractivity contribution in [1.82, 2.24) is 0 Å². The Bertz CT molecular complexity index is 1040. The molecule has 0 radical (unpaired) electrons. The zero-order chi connectivity index (χ0) is 29.7. The van der Waals surface area contributed by atoms with Crippen molar-refractivity contribution in [3.8, 4) is 5.75 Å². The van der Waals surface area contributed by atoms with Crippen LogP contribution in [-0.4, -0.2) is 105 Å². The Hall–Kier alpha value is -2.39. The maximum absolute atomic E-state index is 12.1. The quantitative estimate of drug-likeness (QED) is 0.179. The minimum Gasteiger partial charge on any atom is -0.461 e. The fraction of sp³-hybridized carbons (Fsp3) is 0.607. The molecule has 1 amide bonds. The molecule has 2 saturated heterocycles.